The van der Waals surface area contributed by atoms with Gasteiger partial charge in [-0.3, -0.25) is 0 Å². The molecule has 8 rings (SSSR count). The Bertz CT molecular complexity index is 2580. The molecule has 0 aliphatic heterocycles. The Morgan fingerprint density at radius 2 is 0.606 bits per heavy atom. The number of benzene rings is 6. The summed E-state index contributed by atoms with van der Waals surface area (Å²) in [6.07, 6.45) is 2.09. The number of hydrogen-bond acceptors (Lipinski definition) is 2. The molecule has 0 aromatic heterocycles. The quantitative estimate of drug-likeness (QED) is 0.0774. The fourth-order valence-corrected chi connectivity index (χ4v) is 8.38. The lowest BCUT2D eigenvalue weighted by Gasteiger charge is -2.20. The van der Waals surface area contributed by atoms with Gasteiger partial charge in [0.25, 0.3) is 0 Å². The predicted octanol–water partition coefficient (Wildman–Crippen LogP) is 16.5. The van der Waals surface area contributed by atoms with Gasteiger partial charge in [-0.05, 0) is 95.2 Å². The third kappa shape index (κ3) is 10.8. The van der Waals surface area contributed by atoms with Crippen LogP contribution < -0.4 is 9.47 Å². The van der Waals surface area contributed by atoms with Crippen LogP contribution in [-0.4, -0.2) is 0 Å². The molecule has 0 heterocycles. The molecule has 2 fully saturated rings. The van der Waals surface area contributed by atoms with Gasteiger partial charge >= 0.3 is 12.2 Å². The number of rotatable bonds is 10. The Labute approximate surface area is 369 Å². The highest BCUT2D eigenvalue weighted by molar-refractivity contribution is 5.66. The van der Waals surface area contributed by atoms with Crippen molar-refractivity contribution in [1.82, 2.24) is 0 Å². The van der Waals surface area contributed by atoms with Crippen molar-refractivity contribution in [1.29, 1.82) is 0 Å². The number of alkyl halides is 4. The van der Waals surface area contributed by atoms with Crippen LogP contribution in [0.1, 0.15) is 98.3 Å². The first-order valence-corrected chi connectivity index (χ1v) is 20.9. The van der Waals surface area contributed by atoms with Crippen LogP contribution in [-0.2, 0) is 12.2 Å². The second-order valence-electron chi connectivity index (χ2n) is 16.2. The van der Waals surface area contributed by atoms with Crippen LogP contribution in [0.2, 0.25) is 0 Å². The molecule has 2 nitrogen and oxygen atoms in total. The minimum Gasteiger partial charge on any atom is -0.429 e. The van der Waals surface area contributed by atoms with Gasteiger partial charge in [0.15, 0.2) is 34.9 Å². The normalized spacial score (nSPS) is 15.0. The second-order valence-corrected chi connectivity index (χ2v) is 16.2. The van der Waals surface area contributed by atoms with Crippen LogP contribution in [0.15, 0.2) is 97.1 Å². The topological polar surface area (TPSA) is 18.5 Å². The zero-order valence-electron chi connectivity index (χ0n) is 34.6. The van der Waals surface area contributed by atoms with Gasteiger partial charge < -0.3 is 9.47 Å². The summed E-state index contributed by atoms with van der Waals surface area (Å²) in [6, 6.07) is 17.7. The highest BCUT2D eigenvalue weighted by atomic mass is 19.3. The van der Waals surface area contributed by atoms with E-state index in [1.165, 1.54) is 12.8 Å². The summed E-state index contributed by atoms with van der Waals surface area (Å²) in [5, 5.41) is 0. The van der Waals surface area contributed by atoms with Crippen molar-refractivity contribution in [3.8, 4) is 33.8 Å². The van der Waals surface area contributed by atoms with Crippen molar-refractivity contribution in [2.75, 3.05) is 0 Å². The summed E-state index contributed by atoms with van der Waals surface area (Å²) in [4.78, 5) is 0. The average molecular weight is 937 g/mol. The molecular formula is C50H38F14O2. The van der Waals surface area contributed by atoms with Gasteiger partial charge in [0.2, 0.25) is 0 Å². The van der Waals surface area contributed by atoms with Crippen molar-refractivity contribution in [3.05, 3.63) is 177 Å². The van der Waals surface area contributed by atoms with E-state index in [-0.39, 0.29) is 35.4 Å². The summed E-state index contributed by atoms with van der Waals surface area (Å²) < 4.78 is 204. The minimum atomic E-state index is -4.62. The molecular weight excluding hydrogens is 899 g/mol. The van der Waals surface area contributed by atoms with Crippen LogP contribution in [0.25, 0.3) is 22.3 Å². The van der Waals surface area contributed by atoms with Gasteiger partial charge in [-0.15, -0.1) is 0 Å². The Hall–Kier alpha value is -6.06. The first kappa shape index (κ1) is 47.9. The minimum absolute atomic E-state index is 0.0383. The van der Waals surface area contributed by atoms with Crippen molar-refractivity contribution in [2.45, 2.75) is 88.3 Å². The molecule has 0 saturated heterocycles. The van der Waals surface area contributed by atoms with Gasteiger partial charge in [0.1, 0.15) is 45.9 Å². The Morgan fingerprint density at radius 3 is 0.894 bits per heavy atom. The maximum absolute atomic E-state index is 14.6. The summed E-state index contributed by atoms with van der Waals surface area (Å²) in [5.41, 5.74) is -0.260. The zero-order valence-corrected chi connectivity index (χ0v) is 34.6. The summed E-state index contributed by atoms with van der Waals surface area (Å²) in [6.45, 7) is 0. The van der Waals surface area contributed by atoms with Crippen molar-refractivity contribution < 1.29 is 70.9 Å². The Kier molecular flexibility index (Phi) is 14.4. The summed E-state index contributed by atoms with van der Waals surface area (Å²) in [5.74, 6) is -18.7. The van der Waals surface area contributed by atoms with E-state index < -0.39 is 93.0 Å². The van der Waals surface area contributed by atoms with E-state index in [9.17, 15) is 61.5 Å². The van der Waals surface area contributed by atoms with E-state index in [0.29, 0.717) is 23.0 Å². The van der Waals surface area contributed by atoms with E-state index in [4.69, 9.17) is 0 Å². The van der Waals surface area contributed by atoms with E-state index >= 15 is 0 Å². The van der Waals surface area contributed by atoms with Gasteiger partial charge in [-0.2, -0.15) is 17.6 Å². The van der Waals surface area contributed by atoms with Gasteiger partial charge in [-0.25, -0.2) is 43.9 Å². The summed E-state index contributed by atoms with van der Waals surface area (Å²) in [7, 11) is 0. The smallest absolute Gasteiger partial charge is 0.429 e. The lowest BCUT2D eigenvalue weighted by molar-refractivity contribution is -0.190. The van der Waals surface area contributed by atoms with Crippen molar-refractivity contribution >= 4 is 0 Å². The largest absolute Gasteiger partial charge is 0.432 e. The SMILES string of the molecule is Fc1cc(OC(F)(F)c2c(F)cc(-c3ccc(C4CCCC4)cc3)cc2F)cc(F)c1F.Fc1cc(OC(F)(F)c2c(F)cc(-c3ccc(C4CCCCCC4)cc3)cc2F)cc(F)c1F. The van der Waals surface area contributed by atoms with E-state index in [0.717, 1.165) is 86.8 Å². The molecule has 16 heteroatoms. The highest BCUT2D eigenvalue weighted by Crippen LogP contribution is 2.41. The van der Waals surface area contributed by atoms with Crippen LogP contribution >= 0.6 is 0 Å². The fraction of sp³-hybridized carbons (Fsp3) is 0.280. The van der Waals surface area contributed by atoms with Crippen molar-refractivity contribution in [2.24, 2.45) is 0 Å². The molecule has 0 N–H and O–H groups in total. The monoisotopic (exact) mass is 936 g/mol. The third-order valence-corrected chi connectivity index (χ3v) is 11.7. The maximum Gasteiger partial charge on any atom is 0.432 e. The molecule has 6 aromatic carbocycles. The Balaban J connectivity index is 0.000000197. The number of ether oxygens (including phenoxy) is 2. The van der Waals surface area contributed by atoms with Crippen LogP contribution in [0.4, 0.5) is 61.5 Å². The predicted molar refractivity (Wildman–Crippen MR) is 217 cm³/mol. The number of halogens is 14. The zero-order chi connectivity index (χ0) is 47.5. The number of hydrogen-bond donors (Lipinski definition) is 0. The molecule has 0 unspecified atom stereocenters. The molecule has 0 spiro atoms. The van der Waals surface area contributed by atoms with E-state index in [2.05, 4.69) is 9.47 Å². The lowest BCUT2D eigenvalue weighted by Crippen LogP contribution is -2.25. The third-order valence-electron chi connectivity index (χ3n) is 11.7. The van der Waals surface area contributed by atoms with Crippen LogP contribution in [0.5, 0.6) is 11.5 Å². The average Bonchev–Trinajstić information content (AvgIpc) is 3.66. The summed E-state index contributed by atoms with van der Waals surface area (Å²) >= 11 is 0. The molecule has 0 bridgehead atoms. The molecule has 66 heavy (non-hydrogen) atoms. The molecule has 0 amide bonds. The molecule has 348 valence electrons. The highest BCUT2D eigenvalue weighted by Gasteiger charge is 2.43. The maximum atomic E-state index is 14.6. The van der Waals surface area contributed by atoms with E-state index in [1.807, 2.05) is 24.3 Å². The van der Waals surface area contributed by atoms with Crippen LogP contribution in [0, 0.1) is 58.2 Å². The lowest BCUT2D eigenvalue weighted by atomic mass is 9.90. The van der Waals surface area contributed by atoms with Crippen LogP contribution in [0.3, 0.4) is 0 Å². The molecule has 2 aliphatic carbocycles. The standard InChI is InChI=1S/C26H21F7O.C24H17F7O/c27-20-11-18(17-9-7-16(8-10-17)15-5-3-1-2-4-6-15)12-21(28)24(20)26(32,33)34-19-13-22(29)25(31)23(30)14-19;25-18-9-16(15-7-5-14(6-8-15)13-3-1-2-4-13)10-19(26)22(18)24(30,31)32-17-11-20(27)23(29)21(28)12-17/h7-15H,1-6H2;5-13H,1-4H2. The first-order chi connectivity index (χ1) is 31.3. The molecule has 2 aliphatic rings. The molecule has 0 radical (unpaired) electrons. The molecule has 6 aromatic rings. The van der Waals surface area contributed by atoms with E-state index in [1.54, 1.807) is 24.3 Å². The Morgan fingerprint density at radius 1 is 0.333 bits per heavy atom. The molecule has 0 atom stereocenters. The second kappa shape index (κ2) is 19.8. The van der Waals surface area contributed by atoms with Gasteiger partial charge in [0.05, 0.1) is 0 Å². The molecule has 2 saturated carbocycles. The van der Waals surface area contributed by atoms with Gasteiger partial charge in [0, 0.05) is 24.3 Å². The first-order valence-electron chi connectivity index (χ1n) is 20.9. The van der Waals surface area contributed by atoms with Gasteiger partial charge in [-0.1, -0.05) is 87.1 Å². The fourth-order valence-electron chi connectivity index (χ4n) is 8.38. The van der Waals surface area contributed by atoms with Crippen molar-refractivity contribution in [3.63, 3.8) is 0 Å².